The van der Waals surface area contributed by atoms with Crippen molar-refractivity contribution in [3.63, 3.8) is 0 Å². The summed E-state index contributed by atoms with van der Waals surface area (Å²) in [6.07, 6.45) is 2.30. The van der Waals surface area contributed by atoms with Gasteiger partial charge < -0.3 is 10.4 Å². The van der Waals surface area contributed by atoms with Gasteiger partial charge in [-0.15, -0.1) is 0 Å². The lowest BCUT2D eigenvalue weighted by molar-refractivity contribution is -0.149. The lowest BCUT2D eigenvalue weighted by atomic mass is 9.79. The maximum absolute atomic E-state index is 13.7. The van der Waals surface area contributed by atoms with Crippen molar-refractivity contribution in [2.45, 2.75) is 44.2 Å². The monoisotopic (exact) mass is 329 g/mol. The molecule has 0 heterocycles. The van der Waals surface area contributed by atoms with Crippen LogP contribution in [-0.4, -0.2) is 22.7 Å². The Morgan fingerprint density at radius 1 is 1.58 bits per heavy atom. The number of rotatable bonds is 4. The zero-order valence-electron chi connectivity index (χ0n) is 10.7. The highest BCUT2D eigenvalue weighted by Gasteiger charge is 2.42. The van der Waals surface area contributed by atoms with Crippen LogP contribution >= 0.6 is 15.9 Å². The average molecular weight is 330 g/mol. The van der Waals surface area contributed by atoms with Crippen LogP contribution in [0.1, 0.15) is 31.7 Å². The molecule has 1 aromatic rings. The highest BCUT2D eigenvalue weighted by atomic mass is 79.9. The second-order valence-corrected chi connectivity index (χ2v) is 6.12. The molecule has 2 N–H and O–H groups in total. The molecule has 2 rings (SSSR count). The Bertz CT molecular complexity index is 488. The van der Waals surface area contributed by atoms with Gasteiger partial charge in [0, 0.05) is 10.5 Å². The van der Waals surface area contributed by atoms with Gasteiger partial charge in [0.15, 0.2) is 0 Å². The van der Waals surface area contributed by atoms with Crippen LogP contribution in [-0.2, 0) is 11.2 Å². The summed E-state index contributed by atoms with van der Waals surface area (Å²) in [5, 5.41) is 12.6. The highest BCUT2D eigenvalue weighted by Crippen LogP contribution is 2.31. The first-order chi connectivity index (χ1) is 8.90. The molecule has 3 nitrogen and oxygen atoms in total. The normalized spacial score (nSPS) is 18.5. The summed E-state index contributed by atoms with van der Waals surface area (Å²) in [5.41, 5.74) is -0.649. The number of nitrogens with one attached hydrogen (secondary N) is 1. The van der Waals surface area contributed by atoms with Gasteiger partial charge in [0.1, 0.15) is 11.4 Å². The minimum Gasteiger partial charge on any atom is -0.380 e. The van der Waals surface area contributed by atoms with Crippen molar-refractivity contribution < 1.29 is 14.3 Å². The third-order valence-corrected chi connectivity index (χ3v) is 4.02. The van der Waals surface area contributed by atoms with Gasteiger partial charge in [0.25, 0.3) is 5.91 Å². The molecule has 5 heteroatoms. The standard InChI is InChI=1S/C14H17BrFNO2/c1-9(17-13(18)14(19)5-2-6-14)7-10-3-4-11(15)8-12(10)16/h3-4,8-9,19H,2,5-7H2,1H3,(H,17,18)/t9-/m1/s1. The molecule has 104 valence electrons. The van der Waals surface area contributed by atoms with E-state index >= 15 is 0 Å². The van der Waals surface area contributed by atoms with E-state index in [0.29, 0.717) is 29.3 Å². The van der Waals surface area contributed by atoms with Crippen LogP contribution in [0, 0.1) is 5.82 Å². The molecule has 0 bridgehead atoms. The summed E-state index contributed by atoms with van der Waals surface area (Å²) in [5.74, 6) is -0.637. The van der Waals surface area contributed by atoms with Crippen LogP contribution in [0.3, 0.4) is 0 Å². The fourth-order valence-corrected chi connectivity index (χ4v) is 2.50. The summed E-state index contributed by atoms with van der Waals surface area (Å²) in [6, 6.07) is 4.66. The van der Waals surface area contributed by atoms with E-state index in [0.717, 1.165) is 6.42 Å². The van der Waals surface area contributed by atoms with E-state index in [1.807, 2.05) is 0 Å². The Kier molecular flexibility index (Phi) is 4.26. The smallest absolute Gasteiger partial charge is 0.252 e. The van der Waals surface area contributed by atoms with Crippen molar-refractivity contribution in [3.05, 3.63) is 34.1 Å². The number of aliphatic hydroxyl groups is 1. The molecule has 0 saturated heterocycles. The van der Waals surface area contributed by atoms with Gasteiger partial charge in [-0.2, -0.15) is 0 Å². The van der Waals surface area contributed by atoms with E-state index in [1.54, 1.807) is 19.1 Å². The zero-order chi connectivity index (χ0) is 14.0. The fourth-order valence-electron chi connectivity index (χ4n) is 2.16. The van der Waals surface area contributed by atoms with E-state index in [2.05, 4.69) is 21.2 Å². The quantitative estimate of drug-likeness (QED) is 0.891. The second kappa shape index (κ2) is 5.59. The molecular formula is C14H17BrFNO2. The van der Waals surface area contributed by atoms with Crippen LogP contribution in [0.2, 0.25) is 0 Å². The molecule has 1 saturated carbocycles. The second-order valence-electron chi connectivity index (χ2n) is 5.20. The van der Waals surface area contributed by atoms with E-state index < -0.39 is 5.60 Å². The number of carbonyl (C=O) groups excluding carboxylic acids is 1. The fraction of sp³-hybridized carbons (Fsp3) is 0.500. The Morgan fingerprint density at radius 2 is 2.26 bits per heavy atom. The van der Waals surface area contributed by atoms with Crippen molar-refractivity contribution in [1.82, 2.24) is 5.32 Å². The minimum atomic E-state index is -1.20. The molecule has 1 aromatic carbocycles. The van der Waals surface area contributed by atoms with Gasteiger partial charge in [0.2, 0.25) is 0 Å². The lowest BCUT2D eigenvalue weighted by Gasteiger charge is -2.35. The molecule has 19 heavy (non-hydrogen) atoms. The number of halogens is 2. The van der Waals surface area contributed by atoms with E-state index in [-0.39, 0.29) is 17.8 Å². The minimum absolute atomic E-state index is 0.215. The molecule has 1 fully saturated rings. The molecule has 0 aliphatic heterocycles. The van der Waals surface area contributed by atoms with Gasteiger partial charge in [-0.1, -0.05) is 22.0 Å². The Labute approximate surface area is 120 Å². The predicted molar refractivity (Wildman–Crippen MR) is 74.2 cm³/mol. The first-order valence-electron chi connectivity index (χ1n) is 6.38. The van der Waals surface area contributed by atoms with Crippen LogP contribution < -0.4 is 5.32 Å². The molecule has 0 spiro atoms. The van der Waals surface area contributed by atoms with Crippen molar-refractivity contribution in [1.29, 1.82) is 0 Å². The number of carbonyl (C=O) groups is 1. The van der Waals surface area contributed by atoms with E-state index in [4.69, 9.17) is 0 Å². The van der Waals surface area contributed by atoms with Crippen LogP contribution in [0.25, 0.3) is 0 Å². The Morgan fingerprint density at radius 3 is 2.79 bits per heavy atom. The van der Waals surface area contributed by atoms with Gasteiger partial charge >= 0.3 is 0 Å². The molecule has 0 unspecified atom stereocenters. The highest BCUT2D eigenvalue weighted by molar-refractivity contribution is 9.10. The largest absolute Gasteiger partial charge is 0.380 e. The number of amides is 1. The average Bonchev–Trinajstić information content (AvgIpc) is 2.29. The van der Waals surface area contributed by atoms with Gasteiger partial charge in [-0.3, -0.25) is 4.79 Å². The maximum atomic E-state index is 13.7. The summed E-state index contributed by atoms with van der Waals surface area (Å²) < 4.78 is 14.4. The van der Waals surface area contributed by atoms with Crippen molar-refractivity contribution in [3.8, 4) is 0 Å². The molecular weight excluding hydrogens is 313 g/mol. The summed E-state index contributed by atoms with van der Waals surface area (Å²) in [7, 11) is 0. The molecule has 1 aliphatic carbocycles. The molecule has 0 aromatic heterocycles. The SMILES string of the molecule is C[C@H](Cc1ccc(Br)cc1F)NC(=O)C1(O)CCC1. The third-order valence-electron chi connectivity index (χ3n) is 3.52. The Balaban J connectivity index is 1.93. The first kappa shape index (κ1) is 14.5. The van der Waals surface area contributed by atoms with Crippen LogP contribution in [0.5, 0.6) is 0 Å². The van der Waals surface area contributed by atoms with E-state index in [1.165, 1.54) is 6.07 Å². The van der Waals surface area contributed by atoms with Crippen molar-refractivity contribution >= 4 is 21.8 Å². The van der Waals surface area contributed by atoms with Crippen molar-refractivity contribution in [2.75, 3.05) is 0 Å². The van der Waals surface area contributed by atoms with Crippen LogP contribution in [0.4, 0.5) is 4.39 Å². The molecule has 1 amide bonds. The number of hydrogen-bond donors (Lipinski definition) is 2. The molecule has 1 atom stereocenters. The summed E-state index contributed by atoms with van der Waals surface area (Å²) >= 11 is 3.20. The zero-order valence-corrected chi connectivity index (χ0v) is 12.3. The van der Waals surface area contributed by atoms with Gasteiger partial charge in [-0.05, 0) is 50.3 Å². The topological polar surface area (TPSA) is 49.3 Å². The summed E-state index contributed by atoms with van der Waals surface area (Å²) in [4.78, 5) is 11.8. The number of hydrogen-bond acceptors (Lipinski definition) is 2. The van der Waals surface area contributed by atoms with Crippen LogP contribution in [0.15, 0.2) is 22.7 Å². The predicted octanol–water partition coefficient (Wildman–Crippen LogP) is 2.55. The van der Waals surface area contributed by atoms with Gasteiger partial charge in [0.05, 0.1) is 0 Å². The van der Waals surface area contributed by atoms with Gasteiger partial charge in [-0.25, -0.2) is 4.39 Å². The third kappa shape index (κ3) is 3.34. The first-order valence-corrected chi connectivity index (χ1v) is 7.17. The Hall–Kier alpha value is -0.940. The maximum Gasteiger partial charge on any atom is 0.252 e. The summed E-state index contributed by atoms with van der Waals surface area (Å²) in [6.45, 7) is 1.81. The lowest BCUT2D eigenvalue weighted by Crippen LogP contribution is -2.54. The van der Waals surface area contributed by atoms with Crippen molar-refractivity contribution in [2.24, 2.45) is 0 Å². The molecule has 1 aliphatic rings. The molecule has 0 radical (unpaired) electrons. The number of benzene rings is 1. The van der Waals surface area contributed by atoms with E-state index in [9.17, 15) is 14.3 Å².